The average Bonchev–Trinajstić information content (AvgIpc) is 2.91. The second-order valence-corrected chi connectivity index (χ2v) is 5.74. The van der Waals surface area contributed by atoms with Crippen LogP contribution in [0.3, 0.4) is 0 Å². The van der Waals surface area contributed by atoms with Crippen molar-refractivity contribution in [2.24, 2.45) is 0 Å². The van der Waals surface area contributed by atoms with Crippen molar-refractivity contribution in [1.82, 2.24) is 20.5 Å². The van der Waals surface area contributed by atoms with E-state index in [9.17, 15) is 4.39 Å². The number of halogens is 2. The molecule has 1 aliphatic heterocycles. The quantitative estimate of drug-likeness (QED) is 0.880. The van der Waals surface area contributed by atoms with Crippen molar-refractivity contribution in [3.05, 3.63) is 28.5 Å². The van der Waals surface area contributed by atoms with Crippen LogP contribution in [-0.4, -0.2) is 40.9 Å². The molecule has 0 aliphatic carbocycles. The minimum Gasteiger partial charge on any atom is -0.337 e. The minimum absolute atomic E-state index is 0.330. The Morgan fingerprint density at radius 2 is 2.30 bits per heavy atom. The maximum absolute atomic E-state index is 14.0. The van der Waals surface area contributed by atoms with Crippen molar-refractivity contribution >= 4 is 21.9 Å². The fraction of sp³-hybridized carbons (Fsp3) is 0.385. The second kappa shape index (κ2) is 5.49. The van der Waals surface area contributed by atoms with E-state index in [1.807, 2.05) is 0 Å². The molecule has 1 saturated heterocycles. The molecule has 2 aromatic rings. The lowest BCUT2D eigenvalue weighted by atomic mass is 10.2. The second-order valence-electron chi connectivity index (χ2n) is 4.89. The van der Waals surface area contributed by atoms with E-state index in [4.69, 9.17) is 0 Å². The summed E-state index contributed by atoms with van der Waals surface area (Å²) in [7, 11) is 0. The Labute approximate surface area is 124 Å². The van der Waals surface area contributed by atoms with Crippen LogP contribution in [0.2, 0.25) is 0 Å². The molecule has 1 aromatic heterocycles. The van der Waals surface area contributed by atoms with E-state index in [-0.39, 0.29) is 5.82 Å². The Bertz CT molecular complexity index is 615. The molecule has 0 saturated carbocycles. The maximum atomic E-state index is 14.0. The summed E-state index contributed by atoms with van der Waals surface area (Å²) in [6.07, 6.45) is 0. The predicted octanol–water partition coefficient (Wildman–Crippen LogP) is 2.17. The highest BCUT2D eigenvalue weighted by Crippen LogP contribution is 2.26. The molecule has 0 radical (unpaired) electrons. The highest BCUT2D eigenvalue weighted by atomic mass is 79.9. The predicted molar refractivity (Wildman–Crippen MR) is 79.2 cm³/mol. The Morgan fingerprint density at radius 3 is 3.10 bits per heavy atom. The molecule has 0 spiro atoms. The summed E-state index contributed by atoms with van der Waals surface area (Å²) in [4.78, 5) is 6.51. The number of aromatic nitrogens is 3. The first-order valence-corrected chi connectivity index (χ1v) is 7.29. The SMILES string of the molecule is C[C@H]1CN(c2n[nH]c(-c3cccc(Br)c3F)n2)CCN1. The van der Waals surface area contributed by atoms with E-state index in [0.717, 1.165) is 19.6 Å². The molecule has 1 atom stereocenters. The van der Waals surface area contributed by atoms with Gasteiger partial charge in [0.2, 0.25) is 5.95 Å². The number of aromatic amines is 1. The van der Waals surface area contributed by atoms with Crippen LogP contribution >= 0.6 is 15.9 Å². The standard InChI is InChI=1S/C13H15BrFN5/c1-8-7-20(6-5-16-8)13-17-12(18-19-13)9-3-2-4-10(14)11(9)15/h2-4,8,16H,5-7H2,1H3,(H,17,18,19)/t8-/m0/s1. The Kier molecular flexibility index (Phi) is 3.71. The van der Waals surface area contributed by atoms with Crippen LogP contribution in [0.1, 0.15) is 6.92 Å². The van der Waals surface area contributed by atoms with Gasteiger partial charge in [0.15, 0.2) is 5.82 Å². The van der Waals surface area contributed by atoms with Gasteiger partial charge >= 0.3 is 0 Å². The molecule has 7 heteroatoms. The smallest absolute Gasteiger partial charge is 0.245 e. The fourth-order valence-electron chi connectivity index (χ4n) is 2.32. The van der Waals surface area contributed by atoms with Crippen LogP contribution in [0, 0.1) is 5.82 Å². The van der Waals surface area contributed by atoms with Gasteiger partial charge < -0.3 is 10.2 Å². The monoisotopic (exact) mass is 339 g/mol. The summed E-state index contributed by atoms with van der Waals surface area (Å²) in [5.41, 5.74) is 0.418. The molecule has 0 unspecified atom stereocenters. The summed E-state index contributed by atoms with van der Waals surface area (Å²) in [5, 5.41) is 10.4. The van der Waals surface area contributed by atoms with Crippen molar-refractivity contribution in [1.29, 1.82) is 0 Å². The lowest BCUT2D eigenvalue weighted by Gasteiger charge is -2.30. The Morgan fingerprint density at radius 1 is 1.45 bits per heavy atom. The topological polar surface area (TPSA) is 56.8 Å². The molecular weight excluding hydrogens is 325 g/mol. The Balaban J connectivity index is 1.88. The summed E-state index contributed by atoms with van der Waals surface area (Å²) in [6, 6.07) is 5.52. The lowest BCUT2D eigenvalue weighted by molar-refractivity contribution is 0.480. The van der Waals surface area contributed by atoms with Crippen LogP contribution in [-0.2, 0) is 0 Å². The van der Waals surface area contributed by atoms with Crippen LogP contribution < -0.4 is 10.2 Å². The van der Waals surface area contributed by atoms with Crippen molar-refractivity contribution < 1.29 is 4.39 Å². The van der Waals surface area contributed by atoms with Gasteiger partial charge in [0, 0.05) is 25.7 Å². The Hall–Kier alpha value is -1.47. The van der Waals surface area contributed by atoms with E-state index in [1.165, 1.54) is 0 Å². The third-order valence-corrected chi connectivity index (χ3v) is 3.94. The zero-order valence-corrected chi connectivity index (χ0v) is 12.6. The van der Waals surface area contributed by atoms with E-state index < -0.39 is 0 Å². The zero-order valence-electron chi connectivity index (χ0n) is 11.0. The molecule has 0 amide bonds. The number of hydrogen-bond donors (Lipinski definition) is 2. The molecular formula is C13H15BrFN5. The third-order valence-electron chi connectivity index (χ3n) is 3.33. The van der Waals surface area contributed by atoms with Gasteiger partial charge in [0.05, 0.1) is 10.0 Å². The lowest BCUT2D eigenvalue weighted by Crippen LogP contribution is -2.49. The number of piperazine rings is 1. The summed E-state index contributed by atoms with van der Waals surface area (Å²) < 4.78 is 14.5. The van der Waals surface area contributed by atoms with E-state index in [2.05, 4.69) is 48.3 Å². The summed E-state index contributed by atoms with van der Waals surface area (Å²) in [6.45, 7) is 4.71. The number of hydrogen-bond acceptors (Lipinski definition) is 4. The normalized spacial score (nSPS) is 19.4. The van der Waals surface area contributed by atoms with Crippen LogP contribution in [0.25, 0.3) is 11.4 Å². The van der Waals surface area contributed by atoms with Crippen LogP contribution in [0.15, 0.2) is 22.7 Å². The zero-order chi connectivity index (χ0) is 14.1. The minimum atomic E-state index is -0.330. The summed E-state index contributed by atoms with van der Waals surface area (Å²) >= 11 is 3.18. The van der Waals surface area contributed by atoms with Gasteiger partial charge in [-0.15, -0.1) is 5.10 Å². The number of benzene rings is 1. The molecule has 2 heterocycles. The third kappa shape index (κ3) is 2.55. The van der Waals surface area contributed by atoms with Gasteiger partial charge in [-0.2, -0.15) is 4.98 Å². The van der Waals surface area contributed by atoms with Gasteiger partial charge in [-0.25, -0.2) is 4.39 Å². The van der Waals surface area contributed by atoms with E-state index in [0.29, 0.717) is 27.9 Å². The van der Waals surface area contributed by atoms with Gasteiger partial charge in [-0.3, -0.25) is 5.10 Å². The first kappa shape index (κ1) is 13.5. The van der Waals surface area contributed by atoms with Crippen LogP contribution in [0.4, 0.5) is 10.3 Å². The molecule has 5 nitrogen and oxygen atoms in total. The number of H-pyrrole nitrogens is 1. The van der Waals surface area contributed by atoms with E-state index >= 15 is 0 Å². The number of nitrogens with zero attached hydrogens (tertiary/aromatic N) is 3. The first-order chi connectivity index (χ1) is 9.65. The molecule has 106 valence electrons. The average molecular weight is 340 g/mol. The maximum Gasteiger partial charge on any atom is 0.245 e. The van der Waals surface area contributed by atoms with E-state index in [1.54, 1.807) is 18.2 Å². The fourth-order valence-corrected chi connectivity index (χ4v) is 2.68. The van der Waals surface area contributed by atoms with Crippen molar-refractivity contribution in [3.8, 4) is 11.4 Å². The summed E-state index contributed by atoms with van der Waals surface area (Å²) in [5.74, 6) is 0.738. The molecule has 2 N–H and O–H groups in total. The molecule has 3 rings (SSSR count). The molecule has 1 aromatic carbocycles. The molecule has 0 bridgehead atoms. The van der Waals surface area contributed by atoms with Crippen LogP contribution in [0.5, 0.6) is 0 Å². The van der Waals surface area contributed by atoms with Gasteiger partial charge in [-0.1, -0.05) is 6.07 Å². The highest BCUT2D eigenvalue weighted by molar-refractivity contribution is 9.10. The van der Waals surface area contributed by atoms with Crippen molar-refractivity contribution in [2.45, 2.75) is 13.0 Å². The van der Waals surface area contributed by atoms with Gasteiger partial charge in [0.1, 0.15) is 5.82 Å². The van der Waals surface area contributed by atoms with Crippen molar-refractivity contribution in [3.63, 3.8) is 0 Å². The largest absolute Gasteiger partial charge is 0.337 e. The number of rotatable bonds is 2. The first-order valence-electron chi connectivity index (χ1n) is 6.50. The van der Waals surface area contributed by atoms with Crippen molar-refractivity contribution in [2.75, 3.05) is 24.5 Å². The number of nitrogens with one attached hydrogen (secondary N) is 2. The van der Waals surface area contributed by atoms with Gasteiger partial charge in [0.25, 0.3) is 0 Å². The van der Waals surface area contributed by atoms with Gasteiger partial charge in [-0.05, 0) is 35.0 Å². The molecule has 1 fully saturated rings. The molecule has 20 heavy (non-hydrogen) atoms. The highest BCUT2D eigenvalue weighted by Gasteiger charge is 2.20. The molecule has 1 aliphatic rings. The number of anilines is 1.